The fourth-order valence-corrected chi connectivity index (χ4v) is 2.52. The molecular weight excluding hydrogens is 380 g/mol. The molecule has 0 unspecified atom stereocenters. The van der Waals surface area contributed by atoms with Crippen LogP contribution in [0.25, 0.3) is 0 Å². The summed E-state index contributed by atoms with van der Waals surface area (Å²) in [6, 6.07) is 11.4. The minimum Gasteiger partial charge on any atom is -0.326 e. The molecule has 3 N–H and O–H groups in total. The van der Waals surface area contributed by atoms with Gasteiger partial charge in [0.2, 0.25) is 11.9 Å². The lowest BCUT2D eigenvalue weighted by Crippen LogP contribution is -2.15. The molecule has 2 aromatic carbocycles. The molecule has 3 aromatic rings. The average Bonchev–Trinajstić information content (AvgIpc) is 2.64. The van der Waals surface area contributed by atoms with E-state index in [4.69, 9.17) is 0 Å². The molecule has 0 aliphatic rings. The lowest BCUT2D eigenvalue weighted by Gasteiger charge is -2.10. The molecule has 2 amide bonds. The number of anilines is 4. The van der Waals surface area contributed by atoms with E-state index in [0.29, 0.717) is 17.1 Å². The molecule has 0 aliphatic heterocycles. The highest BCUT2D eigenvalue weighted by Gasteiger charge is 2.13. The summed E-state index contributed by atoms with van der Waals surface area (Å²) in [6.07, 6.45) is 0. The molecule has 0 bridgehead atoms. The van der Waals surface area contributed by atoms with E-state index < -0.39 is 17.5 Å². The van der Waals surface area contributed by atoms with Crippen molar-refractivity contribution in [1.82, 2.24) is 9.97 Å². The minimum absolute atomic E-state index is 0.0442. The Labute approximate surface area is 165 Å². The van der Waals surface area contributed by atoms with E-state index >= 15 is 0 Å². The van der Waals surface area contributed by atoms with Crippen molar-refractivity contribution in [3.8, 4) is 0 Å². The molecule has 29 heavy (non-hydrogen) atoms. The smallest absolute Gasteiger partial charge is 0.274 e. The zero-order valence-electron chi connectivity index (χ0n) is 15.6. The van der Waals surface area contributed by atoms with E-state index in [1.807, 2.05) is 0 Å². The SMILES string of the molecule is CC(=O)Nc1cccc(Nc2nc(C)cc(C(=O)Nc3ccc(F)c(F)c3)n2)c1. The molecule has 0 radical (unpaired) electrons. The van der Waals surface area contributed by atoms with Crippen LogP contribution < -0.4 is 16.0 Å². The molecule has 0 saturated heterocycles. The van der Waals surface area contributed by atoms with E-state index in [0.717, 1.165) is 12.1 Å². The van der Waals surface area contributed by atoms with Crippen LogP contribution in [-0.2, 0) is 4.79 Å². The quantitative estimate of drug-likeness (QED) is 0.604. The van der Waals surface area contributed by atoms with Gasteiger partial charge in [-0.2, -0.15) is 0 Å². The summed E-state index contributed by atoms with van der Waals surface area (Å²) in [5.74, 6) is -2.71. The van der Waals surface area contributed by atoms with Crippen LogP contribution in [0.5, 0.6) is 0 Å². The van der Waals surface area contributed by atoms with Gasteiger partial charge in [-0.3, -0.25) is 9.59 Å². The van der Waals surface area contributed by atoms with Crippen molar-refractivity contribution < 1.29 is 18.4 Å². The van der Waals surface area contributed by atoms with Crippen molar-refractivity contribution in [3.05, 3.63) is 71.6 Å². The van der Waals surface area contributed by atoms with Gasteiger partial charge in [-0.25, -0.2) is 18.7 Å². The van der Waals surface area contributed by atoms with Gasteiger partial charge in [0.25, 0.3) is 5.91 Å². The molecule has 0 fully saturated rings. The van der Waals surface area contributed by atoms with Crippen molar-refractivity contribution >= 4 is 34.8 Å². The first-order valence-electron chi connectivity index (χ1n) is 8.57. The van der Waals surface area contributed by atoms with Crippen LogP contribution in [0.4, 0.5) is 31.8 Å². The highest BCUT2D eigenvalue weighted by molar-refractivity contribution is 6.03. The summed E-state index contributed by atoms with van der Waals surface area (Å²) in [7, 11) is 0. The summed E-state index contributed by atoms with van der Waals surface area (Å²) in [5.41, 5.74) is 1.86. The number of hydrogen-bond acceptors (Lipinski definition) is 5. The number of aryl methyl sites for hydroxylation is 1. The predicted octanol–water partition coefficient (Wildman–Crippen LogP) is 4.02. The normalized spacial score (nSPS) is 10.3. The lowest BCUT2D eigenvalue weighted by molar-refractivity contribution is -0.114. The van der Waals surface area contributed by atoms with Crippen LogP contribution in [0.2, 0.25) is 0 Å². The minimum atomic E-state index is -1.07. The van der Waals surface area contributed by atoms with Gasteiger partial charge in [0.1, 0.15) is 5.69 Å². The third kappa shape index (κ3) is 5.32. The van der Waals surface area contributed by atoms with Crippen molar-refractivity contribution in [2.75, 3.05) is 16.0 Å². The largest absolute Gasteiger partial charge is 0.326 e. The summed E-state index contributed by atoms with van der Waals surface area (Å²) in [4.78, 5) is 32.0. The Morgan fingerprint density at radius 1 is 0.862 bits per heavy atom. The highest BCUT2D eigenvalue weighted by Crippen LogP contribution is 2.19. The molecule has 3 rings (SSSR count). The van der Waals surface area contributed by atoms with Gasteiger partial charge in [-0.1, -0.05) is 6.07 Å². The second-order valence-corrected chi connectivity index (χ2v) is 6.19. The molecule has 0 spiro atoms. The van der Waals surface area contributed by atoms with Crippen LogP contribution in [0.3, 0.4) is 0 Å². The van der Waals surface area contributed by atoms with Crippen LogP contribution in [-0.4, -0.2) is 21.8 Å². The number of nitrogens with zero attached hydrogens (tertiary/aromatic N) is 2. The number of carbonyl (C=O) groups is 2. The molecule has 0 atom stereocenters. The van der Waals surface area contributed by atoms with Crippen LogP contribution in [0, 0.1) is 18.6 Å². The Balaban J connectivity index is 1.79. The number of aromatic nitrogens is 2. The van der Waals surface area contributed by atoms with Crippen molar-refractivity contribution in [2.45, 2.75) is 13.8 Å². The summed E-state index contributed by atoms with van der Waals surface area (Å²) < 4.78 is 26.4. The number of nitrogens with one attached hydrogen (secondary N) is 3. The molecule has 148 valence electrons. The molecular formula is C20H17F2N5O2. The van der Waals surface area contributed by atoms with Gasteiger partial charge in [0, 0.05) is 35.7 Å². The van der Waals surface area contributed by atoms with E-state index in [1.54, 1.807) is 31.2 Å². The predicted molar refractivity (Wildman–Crippen MR) is 105 cm³/mol. The Kier molecular flexibility index (Phi) is 5.77. The fourth-order valence-electron chi connectivity index (χ4n) is 2.52. The standard InChI is InChI=1S/C20H17F2N5O2/c1-11-8-18(19(29)25-15-6-7-16(21)17(22)10-15)27-20(23-11)26-14-5-3-4-13(9-14)24-12(2)28/h3-10H,1-2H3,(H,24,28)(H,25,29)(H,23,26,27). The first-order valence-corrected chi connectivity index (χ1v) is 8.57. The number of hydrogen-bond donors (Lipinski definition) is 3. The molecule has 9 heteroatoms. The zero-order valence-corrected chi connectivity index (χ0v) is 15.6. The van der Waals surface area contributed by atoms with Gasteiger partial charge in [-0.05, 0) is 43.3 Å². The first kappa shape index (κ1) is 19.9. The molecule has 0 saturated carbocycles. The maximum Gasteiger partial charge on any atom is 0.274 e. The maximum absolute atomic E-state index is 13.3. The van der Waals surface area contributed by atoms with E-state index in [9.17, 15) is 18.4 Å². The van der Waals surface area contributed by atoms with Gasteiger partial charge in [-0.15, -0.1) is 0 Å². The van der Waals surface area contributed by atoms with Crippen LogP contribution >= 0.6 is 0 Å². The number of benzene rings is 2. The molecule has 7 nitrogen and oxygen atoms in total. The second kappa shape index (κ2) is 8.42. The number of rotatable bonds is 5. The first-order chi connectivity index (χ1) is 13.8. The Morgan fingerprint density at radius 3 is 2.31 bits per heavy atom. The lowest BCUT2D eigenvalue weighted by atomic mass is 10.2. The van der Waals surface area contributed by atoms with Crippen LogP contribution in [0.1, 0.15) is 23.1 Å². The third-order valence-electron chi connectivity index (χ3n) is 3.70. The number of carbonyl (C=O) groups excluding carboxylic acids is 2. The Hall–Kier alpha value is -3.88. The average molecular weight is 397 g/mol. The topological polar surface area (TPSA) is 96.0 Å². The fraction of sp³-hybridized carbons (Fsp3) is 0.100. The molecule has 1 heterocycles. The summed E-state index contributed by atoms with van der Waals surface area (Å²) in [6.45, 7) is 3.09. The zero-order chi connectivity index (χ0) is 21.0. The summed E-state index contributed by atoms with van der Waals surface area (Å²) in [5, 5.41) is 8.10. The van der Waals surface area contributed by atoms with E-state index in [-0.39, 0.29) is 23.2 Å². The highest BCUT2D eigenvalue weighted by atomic mass is 19.2. The van der Waals surface area contributed by atoms with Crippen LogP contribution in [0.15, 0.2) is 48.5 Å². The number of amides is 2. The van der Waals surface area contributed by atoms with E-state index in [2.05, 4.69) is 25.9 Å². The van der Waals surface area contributed by atoms with Crippen molar-refractivity contribution in [1.29, 1.82) is 0 Å². The van der Waals surface area contributed by atoms with Crippen molar-refractivity contribution in [2.24, 2.45) is 0 Å². The van der Waals surface area contributed by atoms with Gasteiger partial charge >= 0.3 is 0 Å². The molecule has 0 aliphatic carbocycles. The van der Waals surface area contributed by atoms with Gasteiger partial charge in [0.05, 0.1) is 0 Å². The molecule has 1 aromatic heterocycles. The second-order valence-electron chi connectivity index (χ2n) is 6.19. The third-order valence-corrected chi connectivity index (χ3v) is 3.70. The Morgan fingerprint density at radius 2 is 1.59 bits per heavy atom. The number of halogens is 2. The maximum atomic E-state index is 13.3. The van der Waals surface area contributed by atoms with Gasteiger partial charge < -0.3 is 16.0 Å². The van der Waals surface area contributed by atoms with Crippen molar-refractivity contribution in [3.63, 3.8) is 0 Å². The monoisotopic (exact) mass is 397 g/mol. The Bertz CT molecular complexity index is 1090. The van der Waals surface area contributed by atoms with Gasteiger partial charge in [0.15, 0.2) is 11.6 Å². The van der Waals surface area contributed by atoms with E-state index in [1.165, 1.54) is 19.1 Å². The summed E-state index contributed by atoms with van der Waals surface area (Å²) >= 11 is 0.